The molecule has 0 aliphatic heterocycles. The molecule has 0 fully saturated rings. The number of nitrogens with one attached hydrogen (secondary N) is 2. The van der Waals surface area contributed by atoms with Gasteiger partial charge >= 0.3 is 0 Å². The molecule has 1 atom stereocenters. The van der Waals surface area contributed by atoms with E-state index in [9.17, 15) is 4.79 Å². The largest absolute Gasteiger partial charge is 0.492 e. The molecular formula is C28H34N6O2S. The maximum Gasteiger partial charge on any atom is 0.251 e. The number of nitrogens with zero attached hydrogens (tertiary/aromatic N) is 4. The number of likely N-dealkylation sites (N-methyl/N-ethyl adjacent to an activating group) is 1. The van der Waals surface area contributed by atoms with Gasteiger partial charge in [-0.05, 0) is 50.0 Å². The number of carbonyl (C=O) groups is 1. The second-order valence-electron chi connectivity index (χ2n) is 8.93. The third-order valence-electron chi connectivity index (χ3n) is 6.02. The predicted molar refractivity (Wildman–Crippen MR) is 154 cm³/mol. The molecule has 0 aliphatic carbocycles. The van der Waals surface area contributed by atoms with Gasteiger partial charge in [0.2, 0.25) is 0 Å². The number of rotatable bonds is 10. The van der Waals surface area contributed by atoms with Crippen LogP contribution < -0.4 is 15.4 Å². The van der Waals surface area contributed by atoms with Crippen molar-refractivity contribution in [1.82, 2.24) is 25.2 Å². The van der Waals surface area contributed by atoms with Crippen LogP contribution in [0.15, 0.2) is 67.1 Å². The fourth-order valence-corrected chi connectivity index (χ4v) is 3.98. The molecule has 194 valence electrons. The summed E-state index contributed by atoms with van der Waals surface area (Å²) in [7, 11) is 5.68. The van der Waals surface area contributed by atoms with Crippen LogP contribution in [0.25, 0.3) is 22.2 Å². The van der Waals surface area contributed by atoms with E-state index in [0.717, 1.165) is 45.8 Å². The van der Waals surface area contributed by atoms with Gasteiger partial charge in [0.1, 0.15) is 24.5 Å². The second-order valence-corrected chi connectivity index (χ2v) is 8.93. The van der Waals surface area contributed by atoms with Crippen LogP contribution in [-0.2, 0) is 0 Å². The zero-order valence-corrected chi connectivity index (χ0v) is 22.7. The monoisotopic (exact) mass is 518 g/mol. The van der Waals surface area contributed by atoms with Gasteiger partial charge in [0.25, 0.3) is 5.91 Å². The number of fused-ring (bicyclic) bond motifs is 1. The molecule has 4 rings (SSSR count). The lowest BCUT2D eigenvalue weighted by molar-refractivity contribution is 0.0964. The normalized spacial score (nSPS) is 11.6. The van der Waals surface area contributed by atoms with Gasteiger partial charge < -0.3 is 20.3 Å². The average molecular weight is 519 g/mol. The quantitative estimate of drug-likeness (QED) is 0.323. The van der Waals surface area contributed by atoms with Crippen LogP contribution in [0.4, 0.5) is 5.82 Å². The Morgan fingerprint density at radius 1 is 1.05 bits per heavy atom. The smallest absolute Gasteiger partial charge is 0.251 e. The molecule has 37 heavy (non-hydrogen) atoms. The maximum atomic E-state index is 12.3. The highest BCUT2D eigenvalue weighted by atomic mass is 32.1. The molecule has 9 heteroatoms. The lowest BCUT2D eigenvalue weighted by Crippen LogP contribution is -2.19. The van der Waals surface area contributed by atoms with Gasteiger partial charge in [-0.3, -0.25) is 9.78 Å². The molecule has 0 bridgehead atoms. The number of hydrogen-bond donors (Lipinski definition) is 2. The van der Waals surface area contributed by atoms with Crippen molar-refractivity contribution in [3.63, 3.8) is 0 Å². The first-order valence-corrected chi connectivity index (χ1v) is 12.0. The molecular weight excluding hydrogens is 484 g/mol. The van der Waals surface area contributed by atoms with Gasteiger partial charge in [0, 0.05) is 49.3 Å². The molecule has 2 N–H and O–H groups in total. The van der Waals surface area contributed by atoms with Gasteiger partial charge in [-0.1, -0.05) is 25.1 Å². The summed E-state index contributed by atoms with van der Waals surface area (Å²) in [5.41, 5.74) is 4.36. The van der Waals surface area contributed by atoms with Gasteiger partial charge in [-0.25, -0.2) is 9.97 Å². The van der Waals surface area contributed by atoms with Crippen molar-refractivity contribution >= 4 is 36.1 Å². The van der Waals surface area contributed by atoms with E-state index in [2.05, 4.69) is 43.5 Å². The van der Waals surface area contributed by atoms with Crippen molar-refractivity contribution in [2.75, 3.05) is 46.2 Å². The fourth-order valence-electron chi connectivity index (χ4n) is 3.98. The van der Waals surface area contributed by atoms with Crippen molar-refractivity contribution in [2.45, 2.75) is 12.8 Å². The number of para-hydroxylation sites is 1. The molecule has 1 amide bonds. The summed E-state index contributed by atoms with van der Waals surface area (Å²) in [6, 6.07) is 17.6. The van der Waals surface area contributed by atoms with E-state index in [4.69, 9.17) is 4.74 Å². The van der Waals surface area contributed by atoms with Gasteiger partial charge in [0.15, 0.2) is 0 Å². The summed E-state index contributed by atoms with van der Waals surface area (Å²) in [6.07, 6.45) is 3.25. The number of ether oxygens (including phenoxy) is 1. The molecule has 0 aliphatic rings. The van der Waals surface area contributed by atoms with Crippen molar-refractivity contribution < 1.29 is 9.53 Å². The Kier molecular flexibility index (Phi) is 9.82. The molecule has 2 aromatic carbocycles. The zero-order chi connectivity index (χ0) is 25.5. The summed E-state index contributed by atoms with van der Waals surface area (Å²) < 4.78 is 5.78. The van der Waals surface area contributed by atoms with E-state index in [1.165, 1.54) is 0 Å². The van der Waals surface area contributed by atoms with Crippen LogP contribution >= 0.6 is 13.5 Å². The van der Waals surface area contributed by atoms with Crippen molar-refractivity contribution in [2.24, 2.45) is 0 Å². The molecule has 2 aromatic heterocycles. The Morgan fingerprint density at radius 2 is 1.84 bits per heavy atom. The van der Waals surface area contributed by atoms with E-state index in [1.54, 1.807) is 25.6 Å². The standard InChI is InChI=1S/C28H32N6O2.H2S/c1-19(22-6-5-7-23-24(28(35)29-2)12-13-30-27(22)23)17-31-26-16-25(32-18-33-26)20-8-10-21(11-9-20)36-15-14-34(3)4;/h5-13,16,18-19H,14-15,17H2,1-4H3,(H,29,35)(H,31,32,33);1H2/t19-;/m1./s1. The molecule has 2 heterocycles. The highest BCUT2D eigenvalue weighted by Crippen LogP contribution is 2.27. The summed E-state index contributed by atoms with van der Waals surface area (Å²) in [5, 5.41) is 6.98. The third-order valence-corrected chi connectivity index (χ3v) is 6.02. The Hall–Kier alpha value is -3.69. The fraction of sp³-hybridized carbons (Fsp3) is 0.286. The number of aromatic nitrogens is 3. The molecule has 8 nitrogen and oxygen atoms in total. The Balaban J connectivity index is 0.00000380. The SMILES string of the molecule is CNC(=O)c1ccnc2c([C@H](C)CNc3cc(-c4ccc(OCCN(C)C)cc4)ncn3)cccc12.S. The molecule has 0 radical (unpaired) electrons. The molecule has 0 saturated carbocycles. The van der Waals surface area contributed by atoms with Crippen molar-refractivity contribution in [1.29, 1.82) is 0 Å². The predicted octanol–water partition coefficient (Wildman–Crippen LogP) is 4.32. The maximum absolute atomic E-state index is 12.3. The minimum Gasteiger partial charge on any atom is -0.492 e. The average Bonchev–Trinajstić information content (AvgIpc) is 2.91. The van der Waals surface area contributed by atoms with Crippen molar-refractivity contribution in [3.8, 4) is 17.0 Å². The molecule has 4 aromatic rings. The second kappa shape index (κ2) is 13.0. The zero-order valence-electron chi connectivity index (χ0n) is 21.7. The van der Waals surface area contributed by atoms with Crippen LogP contribution in [0.2, 0.25) is 0 Å². The Morgan fingerprint density at radius 3 is 2.57 bits per heavy atom. The third kappa shape index (κ3) is 6.96. The van der Waals surface area contributed by atoms with E-state index >= 15 is 0 Å². The van der Waals surface area contributed by atoms with Gasteiger partial charge in [-0.15, -0.1) is 0 Å². The van der Waals surface area contributed by atoms with Crippen molar-refractivity contribution in [3.05, 3.63) is 78.2 Å². The van der Waals surface area contributed by atoms with Crippen LogP contribution in [0.3, 0.4) is 0 Å². The van der Waals surface area contributed by atoms with Crippen LogP contribution in [0, 0.1) is 0 Å². The van der Waals surface area contributed by atoms with Crippen LogP contribution in [0.1, 0.15) is 28.8 Å². The van der Waals surface area contributed by atoms with E-state index < -0.39 is 0 Å². The topological polar surface area (TPSA) is 92.3 Å². The van der Waals surface area contributed by atoms with E-state index in [0.29, 0.717) is 18.7 Å². The lowest BCUT2D eigenvalue weighted by Gasteiger charge is -2.16. The summed E-state index contributed by atoms with van der Waals surface area (Å²) >= 11 is 0. The number of carbonyl (C=O) groups excluding carboxylic acids is 1. The summed E-state index contributed by atoms with van der Waals surface area (Å²) in [5.74, 6) is 1.60. The Bertz CT molecular complexity index is 1330. The number of pyridine rings is 1. The first kappa shape index (κ1) is 27.9. The van der Waals surface area contributed by atoms with Crippen LogP contribution in [0.5, 0.6) is 5.75 Å². The highest BCUT2D eigenvalue weighted by molar-refractivity contribution is 7.59. The van der Waals surface area contributed by atoms with E-state index in [1.807, 2.05) is 56.6 Å². The van der Waals surface area contributed by atoms with Gasteiger partial charge in [0.05, 0.1) is 16.8 Å². The first-order chi connectivity index (χ1) is 17.5. The number of benzene rings is 2. The molecule has 0 saturated heterocycles. The molecule has 0 unspecified atom stereocenters. The minimum absolute atomic E-state index is 0. The Labute approximate surface area is 224 Å². The lowest BCUT2D eigenvalue weighted by atomic mass is 9.96. The van der Waals surface area contributed by atoms with Crippen LogP contribution in [-0.4, -0.2) is 66.6 Å². The van der Waals surface area contributed by atoms with Gasteiger partial charge in [-0.2, -0.15) is 13.5 Å². The highest BCUT2D eigenvalue weighted by Gasteiger charge is 2.15. The van der Waals surface area contributed by atoms with E-state index in [-0.39, 0.29) is 25.3 Å². The summed E-state index contributed by atoms with van der Waals surface area (Å²) in [4.78, 5) is 27.8. The molecule has 0 spiro atoms. The number of amides is 1. The first-order valence-electron chi connectivity index (χ1n) is 12.0. The summed E-state index contributed by atoms with van der Waals surface area (Å²) in [6.45, 7) is 4.30. The minimum atomic E-state index is -0.119. The number of hydrogen-bond acceptors (Lipinski definition) is 7. The number of anilines is 1.